The van der Waals surface area contributed by atoms with Gasteiger partial charge in [0.05, 0.1) is 5.56 Å². The van der Waals surface area contributed by atoms with Crippen LogP contribution in [0.25, 0.3) is 10.9 Å². The molecule has 1 amide bonds. The fourth-order valence-corrected chi connectivity index (χ4v) is 3.87. The Balaban J connectivity index is 1.34. The molecule has 1 fully saturated rings. The lowest BCUT2D eigenvalue weighted by Crippen LogP contribution is -2.35. The third-order valence-electron chi connectivity index (χ3n) is 5.53. The highest BCUT2D eigenvalue weighted by Crippen LogP contribution is 2.29. The molecule has 1 N–H and O–H groups in total. The Morgan fingerprint density at radius 3 is 2.67 bits per heavy atom. The number of pyridine rings is 1. The van der Waals surface area contributed by atoms with E-state index in [1.807, 2.05) is 40.3 Å². The average molecular weight is 416 g/mol. The van der Waals surface area contributed by atoms with Gasteiger partial charge in [0.1, 0.15) is 5.82 Å². The Kier molecular flexibility index (Phi) is 5.65. The van der Waals surface area contributed by atoms with Crippen molar-refractivity contribution >= 4 is 22.6 Å². The van der Waals surface area contributed by atoms with E-state index in [-0.39, 0.29) is 5.91 Å². The van der Waals surface area contributed by atoms with Gasteiger partial charge in [0.15, 0.2) is 0 Å². The molecule has 1 aliphatic rings. The summed E-state index contributed by atoms with van der Waals surface area (Å²) in [6, 6.07) is 10.5. The molecule has 0 spiro atoms. The number of alkyl halides is 3. The van der Waals surface area contributed by atoms with Gasteiger partial charge in [0, 0.05) is 55.9 Å². The Morgan fingerprint density at radius 2 is 1.90 bits per heavy atom. The molecule has 0 atom stereocenters. The molecule has 2 aromatic heterocycles. The maximum absolute atomic E-state index is 12.7. The zero-order valence-corrected chi connectivity index (χ0v) is 16.5. The molecule has 3 heterocycles. The van der Waals surface area contributed by atoms with E-state index in [2.05, 4.69) is 9.97 Å². The summed E-state index contributed by atoms with van der Waals surface area (Å²) >= 11 is 0. The molecule has 0 unspecified atom stereocenters. The number of halogens is 3. The number of aromatic amines is 1. The van der Waals surface area contributed by atoms with E-state index >= 15 is 0 Å². The first-order valence-electron chi connectivity index (χ1n) is 10.0. The second-order valence-corrected chi connectivity index (χ2v) is 7.48. The van der Waals surface area contributed by atoms with E-state index in [9.17, 15) is 18.0 Å². The average Bonchev–Trinajstić information content (AvgIpc) is 2.98. The molecular formula is C22H23F3N4O. The van der Waals surface area contributed by atoms with Crippen molar-refractivity contribution in [1.29, 1.82) is 0 Å². The molecule has 3 aromatic rings. The summed E-state index contributed by atoms with van der Waals surface area (Å²) in [4.78, 5) is 23.7. The molecule has 4 rings (SSSR count). The largest absolute Gasteiger partial charge is 0.417 e. The van der Waals surface area contributed by atoms with Crippen LogP contribution in [0.1, 0.15) is 24.0 Å². The van der Waals surface area contributed by atoms with Crippen LogP contribution in [0, 0.1) is 0 Å². The number of aromatic nitrogens is 2. The summed E-state index contributed by atoms with van der Waals surface area (Å²) in [6.45, 7) is 2.39. The molecule has 158 valence electrons. The van der Waals surface area contributed by atoms with Gasteiger partial charge < -0.3 is 14.8 Å². The van der Waals surface area contributed by atoms with Crippen LogP contribution in [0.5, 0.6) is 0 Å². The number of fused-ring (bicyclic) bond motifs is 1. The first-order chi connectivity index (χ1) is 14.4. The van der Waals surface area contributed by atoms with Crippen LogP contribution < -0.4 is 4.90 Å². The van der Waals surface area contributed by atoms with Gasteiger partial charge in [0.2, 0.25) is 5.91 Å². The first kappa shape index (κ1) is 20.3. The van der Waals surface area contributed by atoms with Gasteiger partial charge in [-0.25, -0.2) is 4.98 Å². The van der Waals surface area contributed by atoms with Crippen molar-refractivity contribution in [2.45, 2.75) is 25.4 Å². The number of anilines is 1. The highest BCUT2D eigenvalue weighted by molar-refractivity contribution is 5.84. The van der Waals surface area contributed by atoms with Gasteiger partial charge in [-0.1, -0.05) is 18.2 Å². The second-order valence-electron chi connectivity index (χ2n) is 7.48. The summed E-state index contributed by atoms with van der Waals surface area (Å²) < 4.78 is 38.2. The van der Waals surface area contributed by atoms with Crippen molar-refractivity contribution in [2.24, 2.45) is 0 Å². The van der Waals surface area contributed by atoms with E-state index in [4.69, 9.17) is 0 Å². The van der Waals surface area contributed by atoms with E-state index < -0.39 is 11.7 Å². The van der Waals surface area contributed by atoms with Crippen molar-refractivity contribution < 1.29 is 18.0 Å². The van der Waals surface area contributed by atoms with E-state index in [1.54, 1.807) is 0 Å². The fourth-order valence-electron chi connectivity index (χ4n) is 3.87. The maximum Gasteiger partial charge on any atom is 0.417 e. The Labute approximate surface area is 172 Å². The summed E-state index contributed by atoms with van der Waals surface area (Å²) in [6.07, 6.45) is 0.284. The fraction of sp³-hybridized carbons (Fsp3) is 0.364. The highest BCUT2D eigenvalue weighted by Gasteiger charge is 2.31. The molecule has 0 radical (unpaired) electrons. The number of para-hydroxylation sites is 1. The van der Waals surface area contributed by atoms with Gasteiger partial charge in [0.25, 0.3) is 0 Å². The minimum absolute atomic E-state index is 0.0995. The normalized spacial score (nSPS) is 15.4. The molecule has 0 saturated carbocycles. The number of carbonyl (C=O) groups excluding carboxylic acids is 1. The molecule has 8 heteroatoms. The predicted octanol–water partition coefficient (Wildman–Crippen LogP) is 4.25. The summed E-state index contributed by atoms with van der Waals surface area (Å²) in [7, 11) is 0. The van der Waals surface area contributed by atoms with Crippen LogP contribution in [0.2, 0.25) is 0 Å². The summed E-state index contributed by atoms with van der Waals surface area (Å²) in [5.41, 5.74) is 1.44. The molecule has 1 aromatic carbocycles. The number of carbonyl (C=O) groups is 1. The quantitative estimate of drug-likeness (QED) is 0.692. The Bertz CT molecular complexity index is 1010. The van der Waals surface area contributed by atoms with Crippen LogP contribution in [0.4, 0.5) is 19.0 Å². The number of H-pyrrole nitrogens is 1. The SMILES string of the molecule is O=C(CCc1c[nH]c2ccccc12)N1CCCN(c2ccc(C(F)(F)F)cn2)CC1. The van der Waals surface area contributed by atoms with Crippen LogP contribution in [-0.4, -0.2) is 47.0 Å². The number of hydrogen-bond acceptors (Lipinski definition) is 3. The Morgan fingerprint density at radius 1 is 1.07 bits per heavy atom. The van der Waals surface area contributed by atoms with Gasteiger partial charge in [-0.3, -0.25) is 4.79 Å². The lowest BCUT2D eigenvalue weighted by molar-refractivity contribution is -0.137. The monoisotopic (exact) mass is 416 g/mol. The van der Waals surface area contributed by atoms with Gasteiger partial charge in [-0.15, -0.1) is 0 Å². The minimum atomic E-state index is -4.39. The van der Waals surface area contributed by atoms with Crippen molar-refractivity contribution in [3.8, 4) is 0 Å². The number of benzene rings is 1. The van der Waals surface area contributed by atoms with Crippen molar-refractivity contribution in [1.82, 2.24) is 14.9 Å². The molecule has 5 nitrogen and oxygen atoms in total. The standard InChI is InChI=1S/C22H23F3N4O/c23-22(24,25)17-7-8-20(27-15-17)28-10-3-11-29(13-12-28)21(30)9-6-16-14-26-19-5-2-1-4-18(16)19/h1-2,4-5,7-8,14-15,26H,3,6,9-13H2. The minimum Gasteiger partial charge on any atom is -0.361 e. The lowest BCUT2D eigenvalue weighted by Gasteiger charge is -2.23. The molecule has 1 saturated heterocycles. The van der Waals surface area contributed by atoms with E-state index in [1.165, 1.54) is 6.07 Å². The number of nitrogens with zero attached hydrogens (tertiary/aromatic N) is 3. The van der Waals surface area contributed by atoms with E-state index in [0.29, 0.717) is 44.8 Å². The first-order valence-corrected chi connectivity index (χ1v) is 10.0. The van der Waals surface area contributed by atoms with Crippen molar-refractivity contribution in [2.75, 3.05) is 31.1 Å². The molecule has 0 bridgehead atoms. The maximum atomic E-state index is 12.7. The van der Waals surface area contributed by atoms with Crippen LogP contribution in [0.15, 0.2) is 48.8 Å². The summed E-state index contributed by atoms with van der Waals surface area (Å²) in [5, 5.41) is 1.14. The number of nitrogens with one attached hydrogen (secondary N) is 1. The number of aryl methyl sites for hydroxylation is 1. The van der Waals surface area contributed by atoms with Gasteiger partial charge >= 0.3 is 6.18 Å². The van der Waals surface area contributed by atoms with Crippen molar-refractivity contribution in [3.05, 3.63) is 59.9 Å². The number of hydrogen-bond donors (Lipinski definition) is 1. The Hall–Kier alpha value is -3.03. The smallest absolute Gasteiger partial charge is 0.361 e. The number of amides is 1. The summed E-state index contributed by atoms with van der Waals surface area (Å²) in [5.74, 6) is 0.610. The third-order valence-corrected chi connectivity index (χ3v) is 5.53. The second kappa shape index (κ2) is 8.38. The lowest BCUT2D eigenvalue weighted by atomic mass is 10.1. The van der Waals surface area contributed by atoms with Crippen LogP contribution in [0.3, 0.4) is 0 Å². The predicted molar refractivity (Wildman–Crippen MR) is 109 cm³/mol. The third kappa shape index (κ3) is 4.42. The number of rotatable bonds is 4. The van der Waals surface area contributed by atoms with Gasteiger partial charge in [-0.05, 0) is 36.6 Å². The zero-order chi connectivity index (χ0) is 21.1. The molecule has 0 aliphatic carbocycles. The molecular weight excluding hydrogens is 393 g/mol. The van der Waals surface area contributed by atoms with Crippen LogP contribution in [-0.2, 0) is 17.4 Å². The molecule has 1 aliphatic heterocycles. The van der Waals surface area contributed by atoms with Gasteiger partial charge in [-0.2, -0.15) is 13.2 Å². The topological polar surface area (TPSA) is 52.2 Å². The molecule has 30 heavy (non-hydrogen) atoms. The zero-order valence-electron chi connectivity index (χ0n) is 16.5. The van der Waals surface area contributed by atoms with Crippen LogP contribution >= 0.6 is 0 Å². The van der Waals surface area contributed by atoms with E-state index in [0.717, 1.165) is 35.2 Å². The highest BCUT2D eigenvalue weighted by atomic mass is 19.4. The van der Waals surface area contributed by atoms with Crippen molar-refractivity contribution in [3.63, 3.8) is 0 Å².